The number of halogens is 1. The van der Waals surface area contributed by atoms with Crippen molar-refractivity contribution < 1.29 is 19.1 Å². The molecule has 1 aromatic rings. The van der Waals surface area contributed by atoms with E-state index < -0.39 is 17.1 Å². The summed E-state index contributed by atoms with van der Waals surface area (Å²) < 4.78 is 9.33. The Morgan fingerprint density at radius 3 is 2.19 bits per heavy atom. The molecule has 1 atom stereocenters. The molecule has 0 amide bonds. The number of carbonyl (C=O) groups is 2. The summed E-state index contributed by atoms with van der Waals surface area (Å²) in [5.41, 5.74) is 0.339. The summed E-state index contributed by atoms with van der Waals surface area (Å²) in [4.78, 5) is 22.7. The van der Waals surface area contributed by atoms with Gasteiger partial charge < -0.3 is 9.47 Å². The second-order valence-corrected chi connectivity index (χ2v) is 3.41. The zero-order valence-electron chi connectivity index (χ0n) is 8.90. The number of carbonyl (C=O) groups excluding carboxylic acids is 2. The van der Waals surface area contributed by atoms with Crippen LogP contribution in [0, 0.1) is 0 Å². The highest BCUT2D eigenvalue weighted by Gasteiger charge is 2.25. The van der Waals surface area contributed by atoms with Crippen LogP contribution in [0.15, 0.2) is 24.3 Å². The molecule has 16 heavy (non-hydrogen) atoms. The topological polar surface area (TPSA) is 52.6 Å². The van der Waals surface area contributed by atoms with Crippen LogP contribution in [0.3, 0.4) is 0 Å². The van der Waals surface area contributed by atoms with Crippen LogP contribution in [-0.2, 0) is 9.53 Å². The van der Waals surface area contributed by atoms with Gasteiger partial charge in [-0.1, -0.05) is 0 Å². The fourth-order valence-corrected chi connectivity index (χ4v) is 1.33. The Labute approximate surface area is 98.1 Å². The van der Waals surface area contributed by atoms with Crippen LogP contribution in [0.4, 0.5) is 0 Å². The zero-order valence-corrected chi connectivity index (χ0v) is 9.65. The van der Waals surface area contributed by atoms with Crippen LogP contribution >= 0.6 is 11.6 Å². The number of ether oxygens (including phenoxy) is 2. The smallest absolute Gasteiger partial charge is 0.331 e. The number of esters is 1. The van der Waals surface area contributed by atoms with Crippen molar-refractivity contribution in [3.05, 3.63) is 29.8 Å². The van der Waals surface area contributed by atoms with Crippen molar-refractivity contribution in [1.82, 2.24) is 0 Å². The highest BCUT2D eigenvalue weighted by molar-refractivity contribution is 6.43. The molecule has 0 spiro atoms. The van der Waals surface area contributed by atoms with E-state index in [2.05, 4.69) is 4.74 Å². The molecule has 0 unspecified atom stereocenters. The van der Waals surface area contributed by atoms with E-state index in [1.807, 2.05) is 0 Å². The van der Waals surface area contributed by atoms with Crippen molar-refractivity contribution in [2.45, 2.75) is 5.38 Å². The Morgan fingerprint density at radius 2 is 1.75 bits per heavy atom. The molecule has 0 aliphatic heterocycles. The summed E-state index contributed by atoms with van der Waals surface area (Å²) in [5, 5.41) is -1.31. The molecule has 86 valence electrons. The Kier molecular flexibility index (Phi) is 4.31. The maximum absolute atomic E-state index is 11.7. The molecule has 1 aromatic carbocycles. The summed E-state index contributed by atoms with van der Waals surface area (Å²) >= 11 is 5.63. The van der Waals surface area contributed by atoms with Crippen molar-refractivity contribution in [3.8, 4) is 5.75 Å². The predicted molar refractivity (Wildman–Crippen MR) is 59.0 cm³/mol. The van der Waals surface area contributed by atoms with Gasteiger partial charge in [0.1, 0.15) is 5.75 Å². The third kappa shape index (κ3) is 2.73. The van der Waals surface area contributed by atoms with Crippen molar-refractivity contribution in [2.24, 2.45) is 0 Å². The van der Waals surface area contributed by atoms with Crippen LogP contribution in [-0.4, -0.2) is 31.3 Å². The number of ketones is 1. The van der Waals surface area contributed by atoms with E-state index in [0.29, 0.717) is 11.3 Å². The molecule has 0 N–H and O–H groups in total. The molecule has 4 nitrogen and oxygen atoms in total. The first-order valence-electron chi connectivity index (χ1n) is 4.50. The second kappa shape index (κ2) is 5.51. The van der Waals surface area contributed by atoms with E-state index in [1.165, 1.54) is 14.2 Å². The van der Waals surface area contributed by atoms with Crippen LogP contribution in [0.2, 0.25) is 0 Å². The summed E-state index contributed by atoms with van der Waals surface area (Å²) in [5.74, 6) is -0.626. The van der Waals surface area contributed by atoms with Gasteiger partial charge in [-0.25, -0.2) is 4.79 Å². The maximum Gasteiger partial charge on any atom is 0.331 e. The minimum atomic E-state index is -1.31. The molecular formula is C11H11ClO4. The number of hydrogen-bond acceptors (Lipinski definition) is 4. The van der Waals surface area contributed by atoms with Crippen LogP contribution in [0.5, 0.6) is 5.75 Å². The van der Waals surface area contributed by atoms with Crippen molar-refractivity contribution in [1.29, 1.82) is 0 Å². The molecule has 0 aliphatic carbocycles. The highest BCUT2D eigenvalue weighted by Crippen LogP contribution is 2.15. The first-order valence-corrected chi connectivity index (χ1v) is 4.94. The van der Waals surface area contributed by atoms with Crippen molar-refractivity contribution in [2.75, 3.05) is 14.2 Å². The summed E-state index contributed by atoms with van der Waals surface area (Å²) in [6.45, 7) is 0. The predicted octanol–water partition coefficient (Wildman–Crippen LogP) is 1.66. The average Bonchev–Trinajstić information content (AvgIpc) is 2.36. The molecule has 0 radical (unpaired) electrons. The van der Waals surface area contributed by atoms with Gasteiger partial charge in [-0.2, -0.15) is 0 Å². The fourth-order valence-electron chi connectivity index (χ4n) is 1.11. The van der Waals surface area contributed by atoms with Gasteiger partial charge in [0, 0.05) is 5.56 Å². The Balaban J connectivity index is 2.84. The lowest BCUT2D eigenvalue weighted by Crippen LogP contribution is -2.25. The molecule has 0 saturated carbocycles. The number of Topliss-reactive ketones (excluding diaryl/α,β-unsaturated/α-hetero) is 1. The minimum Gasteiger partial charge on any atom is -0.497 e. The lowest BCUT2D eigenvalue weighted by atomic mass is 10.1. The second-order valence-electron chi connectivity index (χ2n) is 2.98. The normalized spacial score (nSPS) is 11.7. The largest absolute Gasteiger partial charge is 0.497 e. The number of rotatable bonds is 4. The molecular weight excluding hydrogens is 232 g/mol. The first-order chi connectivity index (χ1) is 7.60. The quantitative estimate of drug-likeness (QED) is 0.349. The van der Waals surface area contributed by atoms with E-state index >= 15 is 0 Å². The van der Waals surface area contributed by atoms with Gasteiger partial charge in [0.05, 0.1) is 14.2 Å². The van der Waals surface area contributed by atoms with Crippen molar-refractivity contribution >= 4 is 23.4 Å². The van der Waals surface area contributed by atoms with Crippen LogP contribution in [0.1, 0.15) is 10.4 Å². The summed E-state index contributed by atoms with van der Waals surface area (Å²) in [6, 6.07) is 6.32. The van der Waals surface area contributed by atoms with Crippen LogP contribution < -0.4 is 4.74 Å². The van der Waals surface area contributed by atoms with E-state index in [0.717, 1.165) is 0 Å². The Hall–Kier alpha value is -1.55. The fraction of sp³-hybridized carbons (Fsp3) is 0.273. The van der Waals surface area contributed by atoms with E-state index in [4.69, 9.17) is 16.3 Å². The molecule has 1 rings (SSSR count). The highest BCUT2D eigenvalue weighted by atomic mass is 35.5. The molecule has 0 aliphatic rings. The molecule has 0 fully saturated rings. The summed E-state index contributed by atoms with van der Waals surface area (Å²) in [7, 11) is 2.70. The van der Waals surface area contributed by atoms with E-state index in [-0.39, 0.29) is 0 Å². The summed E-state index contributed by atoms with van der Waals surface area (Å²) in [6.07, 6.45) is 0. The SMILES string of the molecule is COC(=O)[C@H](Cl)C(=O)c1ccc(OC)cc1. The molecule has 0 heterocycles. The van der Waals surface area contributed by atoms with Gasteiger partial charge in [-0.15, -0.1) is 11.6 Å². The third-order valence-corrected chi connectivity index (χ3v) is 2.39. The van der Waals surface area contributed by atoms with E-state index in [9.17, 15) is 9.59 Å². The van der Waals surface area contributed by atoms with Gasteiger partial charge >= 0.3 is 5.97 Å². The zero-order chi connectivity index (χ0) is 12.1. The average molecular weight is 243 g/mol. The Morgan fingerprint density at radius 1 is 1.19 bits per heavy atom. The van der Waals surface area contributed by atoms with E-state index in [1.54, 1.807) is 24.3 Å². The number of alkyl halides is 1. The number of methoxy groups -OCH3 is 2. The Bertz CT molecular complexity index is 385. The molecule has 0 aromatic heterocycles. The monoisotopic (exact) mass is 242 g/mol. The van der Waals surface area contributed by atoms with Crippen molar-refractivity contribution in [3.63, 3.8) is 0 Å². The van der Waals surface area contributed by atoms with Gasteiger partial charge in [0.2, 0.25) is 0 Å². The standard InChI is InChI=1S/C11H11ClO4/c1-15-8-5-3-7(4-6-8)10(13)9(12)11(14)16-2/h3-6,9H,1-2H3/t9-/m1/s1. The first kappa shape index (κ1) is 12.5. The molecule has 0 saturated heterocycles. The van der Waals surface area contributed by atoms with Gasteiger partial charge in [0.25, 0.3) is 0 Å². The number of hydrogen-bond donors (Lipinski definition) is 0. The lowest BCUT2D eigenvalue weighted by Gasteiger charge is -2.06. The molecule has 5 heteroatoms. The minimum absolute atomic E-state index is 0.339. The molecule has 0 bridgehead atoms. The third-order valence-electron chi connectivity index (χ3n) is 2.01. The van der Waals surface area contributed by atoms with Gasteiger partial charge in [0.15, 0.2) is 11.2 Å². The maximum atomic E-state index is 11.7. The lowest BCUT2D eigenvalue weighted by molar-refractivity contribution is -0.139. The number of benzene rings is 1. The van der Waals surface area contributed by atoms with Gasteiger partial charge in [-0.05, 0) is 24.3 Å². The van der Waals surface area contributed by atoms with Gasteiger partial charge in [-0.3, -0.25) is 4.79 Å². The van der Waals surface area contributed by atoms with Crippen LogP contribution in [0.25, 0.3) is 0 Å².